The number of nitrogens with one attached hydrogen (secondary N) is 1. The van der Waals surface area contributed by atoms with Crippen molar-refractivity contribution >= 4 is 7.92 Å². The molecule has 0 aliphatic heterocycles. The predicted octanol–water partition coefficient (Wildman–Crippen LogP) is 9.36. The molecule has 0 aromatic carbocycles. The maximum absolute atomic E-state index is 4.27. The fraction of sp³-hybridized carbons (Fsp3) is 0.769. The predicted molar refractivity (Wildman–Crippen MR) is 138 cm³/mol. The fourth-order valence-corrected chi connectivity index (χ4v) is 4.17. The van der Waals surface area contributed by atoms with E-state index in [1.54, 1.807) is 0 Å². The van der Waals surface area contributed by atoms with Crippen molar-refractivity contribution in [1.29, 1.82) is 0 Å². The molecule has 0 saturated heterocycles. The third kappa shape index (κ3) is 30.2. The summed E-state index contributed by atoms with van der Waals surface area (Å²) in [5.41, 5.74) is 3.17. The summed E-state index contributed by atoms with van der Waals surface area (Å²) in [6.07, 6.45) is 8.33. The first kappa shape index (κ1) is 32.1. The summed E-state index contributed by atoms with van der Waals surface area (Å²) in [6, 6.07) is 0.339. The smallest absolute Gasteiger partial charge is 0.0481 e. The zero-order valence-electron chi connectivity index (χ0n) is 21.6. The topological polar surface area (TPSA) is 12.0 Å². The zero-order chi connectivity index (χ0) is 23.0. The molecule has 2 unspecified atom stereocenters. The van der Waals surface area contributed by atoms with Crippen LogP contribution in [-0.2, 0) is 0 Å². The first-order chi connectivity index (χ1) is 12.7. The number of rotatable bonds is 10. The van der Waals surface area contributed by atoms with E-state index in [0.717, 1.165) is 18.5 Å². The molecule has 1 N–H and O–H groups in total. The number of allylic oxidation sites excluding steroid dienone is 1. The summed E-state index contributed by atoms with van der Waals surface area (Å²) >= 11 is 0. The van der Waals surface area contributed by atoms with Crippen LogP contribution in [0.3, 0.4) is 0 Å². The number of hydrogen-bond acceptors (Lipinski definition) is 1. The molecular formula is C26H54NP. The molecule has 0 aliphatic rings. The highest BCUT2D eigenvalue weighted by Gasteiger charge is 2.15. The Morgan fingerprint density at radius 2 is 1.46 bits per heavy atom. The third-order valence-electron chi connectivity index (χ3n) is 3.17. The third-order valence-corrected chi connectivity index (χ3v) is 5.59. The van der Waals surface area contributed by atoms with Gasteiger partial charge in [0.15, 0.2) is 0 Å². The minimum atomic E-state index is 0.0522. The summed E-state index contributed by atoms with van der Waals surface area (Å²) in [5.74, 6) is 2.45. The molecule has 168 valence electrons. The molecule has 0 spiro atoms. The first-order valence-electron chi connectivity index (χ1n) is 11.2. The second-order valence-electron chi connectivity index (χ2n) is 10.2. The molecule has 0 heterocycles. The van der Waals surface area contributed by atoms with Crippen LogP contribution in [0.15, 0.2) is 36.3 Å². The van der Waals surface area contributed by atoms with E-state index in [1.807, 2.05) is 20.8 Å². The Morgan fingerprint density at radius 3 is 1.79 bits per heavy atom. The van der Waals surface area contributed by atoms with E-state index in [2.05, 4.69) is 92.7 Å². The normalized spacial score (nSPS) is 13.6. The van der Waals surface area contributed by atoms with Gasteiger partial charge in [0.05, 0.1) is 0 Å². The van der Waals surface area contributed by atoms with E-state index in [9.17, 15) is 0 Å². The SMILES string of the molecule is C=C(CC(/C=C/P(CC)CCC)NC(=C)C)CC(C)(C)C.CC.CC(C)(C)C. The lowest BCUT2D eigenvalue weighted by Crippen LogP contribution is -2.26. The minimum Gasteiger partial charge on any atom is -0.383 e. The quantitative estimate of drug-likeness (QED) is 0.279. The van der Waals surface area contributed by atoms with Crippen LogP contribution in [0.2, 0.25) is 0 Å². The van der Waals surface area contributed by atoms with Crippen LogP contribution in [-0.4, -0.2) is 18.4 Å². The fourth-order valence-electron chi connectivity index (χ4n) is 2.47. The van der Waals surface area contributed by atoms with Gasteiger partial charge in [0.1, 0.15) is 0 Å². The van der Waals surface area contributed by atoms with E-state index in [1.165, 1.54) is 24.3 Å². The van der Waals surface area contributed by atoms with Gasteiger partial charge >= 0.3 is 0 Å². The van der Waals surface area contributed by atoms with Crippen molar-refractivity contribution in [2.24, 2.45) is 10.8 Å². The molecule has 28 heavy (non-hydrogen) atoms. The Kier molecular flexibility index (Phi) is 19.9. The van der Waals surface area contributed by atoms with Gasteiger partial charge in [-0.1, -0.05) is 121 Å². The van der Waals surface area contributed by atoms with E-state index in [0.29, 0.717) is 16.9 Å². The lowest BCUT2D eigenvalue weighted by atomic mass is 9.86. The molecule has 0 aliphatic carbocycles. The van der Waals surface area contributed by atoms with Crippen molar-refractivity contribution in [2.75, 3.05) is 12.3 Å². The first-order valence-corrected chi connectivity index (χ1v) is 13.0. The van der Waals surface area contributed by atoms with E-state index < -0.39 is 0 Å². The minimum absolute atomic E-state index is 0.0522. The van der Waals surface area contributed by atoms with Crippen LogP contribution >= 0.6 is 7.92 Å². The van der Waals surface area contributed by atoms with Crippen LogP contribution < -0.4 is 5.32 Å². The maximum atomic E-state index is 4.27. The summed E-state index contributed by atoms with van der Waals surface area (Å²) in [4.78, 5) is 0. The van der Waals surface area contributed by atoms with Crippen LogP contribution in [0.25, 0.3) is 0 Å². The number of hydrogen-bond donors (Lipinski definition) is 1. The highest BCUT2D eigenvalue weighted by molar-refractivity contribution is 7.60. The standard InChI is InChI=1S/C19H36NP.C5H12.C2H6/c1-9-12-21(10-2)13-11-18(20-16(3)4)14-17(5)15-19(6,7)8;1-5(2,3)4;1-2/h11,13,18,20H,3,5,9-10,12,14-15H2,1-2,4,6-8H3;1-4H3;1-2H3/b13-11+;;. The molecular weight excluding hydrogens is 357 g/mol. The van der Waals surface area contributed by atoms with Crippen molar-refractivity contribution < 1.29 is 0 Å². The van der Waals surface area contributed by atoms with Crippen molar-refractivity contribution in [3.05, 3.63) is 36.3 Å². The molecule has 0 fully saturated rings. The Labute approximate surface area is 181 Å². The molecule has 0 saturated carbocycles. The summed E-state index contributed by atoms with van der Waals surface area (Å²) in [6.45, 7) is 34.4. The van der Waals surface area contributed by atoms with Crippen LogP contribution in [0, 0.1) is 10.8 Å². The Balaban J connectivity index is -0.000000767. The summed E-state index contributed by atoms with van der Waals surface area (Å²) in [5, 5.41) is 3.49. The molecule has 2 heteroatoms. The highest BCUT2D eigenvalue weighted by Crippen LogP contribution is 2.37. The maximum Gasteiger partial charge on any atom is 0.0481 e. The van der Waals surface area contributed by atoms with Crippen molar-refractivity contribution in [1.82, 2.24) is 5.32 Å². The molecule has 0 radical (unpaired) electrons. The average molecular weight is 412 g/mol. The van der Waals surface area contributed by atoms with Crippen LogP contribution in [0.4, 0.5) is 0 Å². The van der Waals surface area contributed by atoms with Gasteiger partial charge in [0.2, 0.25) is 0 Å². The van der Waals surface area contributed by atoms with Gasteiger partial charge < -0.3 is 5.32 Å². The van der Waals surface area contributed by atoms with Gasteiger partial charge in [0, 0.05) is 11.7 Å². The lowest BCUT2D eigenvalue weighted by Gasteiger charge is -2.23. The molecule has 2 atom stereocenters. The average Bonchev–Trinajstić information content (AvgIpc) is 2.49. The summed E-state index contributed by atoms with van der Waals surface area (Å²) in [7, 11) is 0.0522. The lowest BCUT2D eigenvalue weighted by molar-refractivity contribution is 0.401. The molecule has 1 nitrogen and oxygen atoms in total. The van der Waals surface area contributed by atoms with Gasteiger partial charge in [-0.3, -0.25) is 0 Å². The van der Waals surface area contributed by atoms with Crippen LogP contribution in [0.1, 0.15) is 102 Å². The van der Waals surface area contributed by atoms with E-state index in [-0.39, 0.29) is 7.92 Å². The molecule has 0 aromatic rings. The Hall–Kier alpha value is -0.550. The van der Waals surface area contributed by atoms with E-state index in [4.69, 9.17) is 0 Å². The Bertz CT molecular complexity index is 415. The van der Waals surface area contributed by atoms with Crippen LogP contribution in [0.5, 0.6) is 0 Å². The molecule has 0 amide bonds. The van der Waals surface area contributed by atoms with Gasteiger partial charge in [-0.25, -0.2) is 0 Å². The molecule has 0 aromatic heterocycles. The second kappa shape index (κ2) is 17.3. The van der Waals surface area contributed by atoms with Gasteiger partial charge in [-0.2, -0.15) is 0 Å². The van der Waals surface area contributed by atoms with Gasteiger partial charge in [-0.15, -0.1) is 0 Å². The molecule has 0 rings (SSSR count). The van der Waals surface area contributed by atoms with Gasteiger partial charge in [-0.05, 0) is 42.9 Å². The van der Waals surface area contributed by atoms with Crippen molar-refractivity contribution in [3.63, 3.8) is 0 Å². The zero-order valence-corrected chi connectivity index (χ0v) is 22.5. The van der Waals surface area contributed by atoms with Crippen molar-refractivity contribution in [3.8, 4) is 0 Å². The molecule has 0 bridgehead atoms. The monoisotopic (exact) mass is 411 g/mol. The Morgan fingerprint density at radius 1 is 1.00 bits per heavy atom. The second-order valence-corrected chi connectivity index (χ2v) is 12.7. The summed E-state index contributed by atoms with van der Waals surface area (Å²) < 4.78 is 0. The van der Waals surface area contributed by atoms with Gasteiger partial charge in [0.25, 0.3) is 0 Å². The largest absolute Gasteiger partial charge is 0.383 e. The van der Waals surface area contributed by atoms with E-state index >= 15 is 0 Å². The highest BCUT2D eigenvalue weighted by atomic mass is 31.1. The van der Waals surface area contributed by atoms with Crippen molar-refractivity contribution in [2.45, 2.75) is 108 Å².